The number of amidine groups is 1. The third-order valence-electron chi connectivity index (χ3n) is 2.40. The second-order valence-electron chi connectivity index (χ2n) is 3.75. The van der Waals surface area contributed by atoms with Crippen LogP contribution in [0.3, 0.4) is 0 Å². The molecule has 100 valence electrons. The van der Waals surface area contributed by atoms with Crippen LogP contribution in [0.25, 0.3) is 6.08 Å². The Kier molecular flexibility index (Phi) is 4.59. The van der Waals surface area contributed by atoms with Crippen LogP contribution in [-0.4, -0.2) is 36.4 Å². The minimum atomic E-state index is -0.176. The molecule has 0 saturated carbocycles. The summed E-state index contributed by atoms with van der Waals surface area (Å²) in [5.74, 6) is 0.566. The van der Waals surface area contributed by atoms with E-state index in [1.807, 2.05) is 24.3 Å². The summed E-state index contributed by atoms with van der Waals surface area (Å²) < 4.78 is 5.13. The molecule has 1 saturated heterocycles. The van der Waals surface area contributed by atoms with Crippen molar-refractivity contribution in [3.63, 3.8) is 0 Å². The highest BCUT2D eigenvalue weighted by Gasteiger charge is 2.23. The lowest BCUT2D eigenvalue weighted by atomic mass is 10.2. The maximum atomic E-state index is 11.7. The lowest BCUT2D eigenvalue weighted by molar-refractivity contribution is -0.115. The van der Waals surface area contributed by atoms with E-state index in [0.29, 0.717) is 10.1 Å². The first-order valence-electron chi connectivity index (χ1n) is 5.73. The molecule has 0 aromatic heterocycles. The van der Waals surface area contributed by atoms with E-state index in [4.69, 9.17) is 9.84 Å². The van der Waals surface area contributed by atoms with Crippen LogP contribution < -0.4 is 10.1 Å². The molecule has 0 unspecified atom stereocenters. The number of methoxy groups -OCH3 is 1. The number of nitrogens with zero attached hydrogens (tertiary/aromatic N) is 1. The number of nitrogens with one attached hydrogen (secondary N) is 1. The van der Waals surface area contributed by atoms with Gasteiger partial charge in [0.05, 0.1) is 25.2 Å². The van der Waals surface area contributed by atoms with E-state index in [1.165, 1.54) is 11.8 Å². The highest BCUT2D eigenvalue weighted by molar-refractivity contribution is 8.18. The van der Waals surface area contributed by atoms with Crippen molar-refractivity contribution in [2.75, 3.05) is 20.3 Å². The van der Waals surface area contributed by atoms with E-state index in [0.717, 1.165) is 11.3 Å². The molecular weight excluding hydrogens is 264 g/mol. The summed E-state index contributed by atoms with van der Waals surface area (Å²) in [6, 6.07) is 7.46. The van der Waals surface area contributed by atoms with Gasteiger partial charge in [-0.15, -0.1) is 0 Å². The lowest BCUT2D eigenvalue weighted by Crippen LogP contribution is -2.20. The number of rotatable bonds is 4. The van der Waals surface area contributed by atoms with Crippen molar-refractivity contribution in [2.45, 2.75) is 0 Å². The highest BCUT2D eigenvalue weighted by atomic mass is 32.2. The van der Waals surface area contributed by atoms with Crippen LogP contribution in [0.1, 0.15) is 5.56 Å². The first-order chi connectivity index (χ1) is 9.22. The van der Waals surface area contributed by atoms with E-state index < -0.39 is 0 Å². The van der Waals surface area contributed by atoms with Gasteiger partial charge in [0.2, 0.25) is 0 Å². The highest BCUT2D eigenvalue weighted by Crippen LogP contribution is 2.26. The van der Waals surface area contributed by atoms with E-state index in [2.05, 4.69) is 10.3 Å². The van der Waals surface area contributed by atoms with Gasteiger partial charge in [-0.25, -0.2) is 0 Å². The molecule has 1 amide bonds. The smallest absolute Gasteiger partial charge is 0.264 e. The summed E-state index contributed by atoms with van der Waals surface area (Å²) >= 11 is 1.27. The monoisotopic (exact) mass is 278 g/mol. The van der Waals surface area contributed by atoms with E-state index in [1.54, 1.807) is 13.2 Å². The Hall–Kier alpha value is -1.79. The minimum Gasteiger partial charge on any atom is -0.497 e. The van der Waals surface area contributed by atoms with Crippen molar-refractivity contribution >= 4 is 28.9 Å². The number of hydrogen-bond acceptors (Lipinski definition) is 5. The molecule has 19 heavy (non-hydrogen) atoms. The zero-order chi connectivity index (χ0) is 13.7. The van der Waals surface area contributed by atoms with Crippen LogP contribution in [0.4, 0.5) is 0 Å². The van der Waals surface area contributed by atoms with E-state index in [9.17, 15) is 4.79 Å². The maximum absolute atomic E-state index is 11.7. The van der Waals surface area contributed by atoms with Crippen molar-refractivity contribution in [1.29, 1.82) is 0 Å². The van der Waals surface area contributed by atoms with Crippen molar-refractivity contribution in [3.05, 3.63) is 34.7 Å². The number of aliphatic hydroxyl groups excluding tert-OH is 1. The van der Waals surface area contributed by atoms with Crippen LogP contribution in [-0.2, 0) is 4.79 Å². The number of hydrogen-bond donors (Lipinski definition) is 2. The number of carbonyl (C=O) groups excluding carboxylic acids is 1. The third kappa shape index (κ3) is 3.59. The largest absolute Gasteiger partial charge is 0.497 e. The number of amides is 1. The van der Waals surface area contributed by atoms with Crippen molar-refractivity contribution < 1.29 is 14.6 Å². The zero-order valence-corrected chi connectivity index (χ0v) is 11.2. The van der Waals surface area contributed by atoms with Gasteiger partial charge in [-0.05, 0) is 35.5 Å². The fourth-order valence-electron chi connectivity index (χ4n) is 1.54. The lowest BCUT2D eigenvalue weighted by Gasteiger charge is -2.00. The van der Waals surface area contributed by atoms with Crippen molar-refractivity contribution in [3.8, 4) is 5.75 Å². The SMILES string of the molecule is COc1cccc(/C=C2\SC(=NCCO)NC2=O)c1. The summed E-state index contributed by atoms with van der Waals surface area (Å²) in [7, 11) is 1.60. The predicted molar refractivity (Wildman–Crippen MR) is 76.1 cm³/mol. The molecule has 0 bridgehead atoms. The molecule has 1 aromatic carbocycles. The second kappa shape index (κ2) is 6.40. The summed E-state index contributed by atoms with van der Waals surface area (Å²) in [6.07, 6.45) is 1.78. The van der Waals surface area contributed by atoms with Gasteiger partial charge in [0.15, 0.2) is 5.17 Å². The number of benzene rings is 1. The first-order valence-corrected chi connectivity index (χ1v) is 6.55. The van der Waals surface area contributed by atoms with Crippen molar-refractivity contribution in [1.82, 2.24) is 5.32 Å². The Balaban J connectivity index is 2.17. The van der Waals surface area contributed by atoms with Crippen LogP contribution in [0.2, 0.25) is 0 Å². The fourth-order valence-corrected chi connectivity index (χ4v) is 2.38. The summed E-state index contributed by atoms with van der Waals surface area (Å²) in [5.41, 5.74) is 0.889. The molecule has 0 atom stereocenters. The normalized spacial score (nSPS) is 18.9. The Labute approximate surface area is 115 Å². The quantitative estimate of drug-likeness (QED) is 0.813. The summed E-state index contributed by atoms with van der Waals surface area (Å²) in [6.45, 7) is 0.254. The molecule has 0 radical (unpaired) electrons. The van der Waals surface area contributed by atoms with Crippen LogP contribution in [0.5, 0.6) is 5.75 Å². The van der Waals surface area contributed by atoms with Gasteiger partial charge in [-0.2, -0.15) is 0 Å². The Morgan fingerprint density at radius 1 is 1.53 bits per heavy atom. The van der Waals surface area contributed by atoms with Gasteiger partial charge in [0, 0.05) is 0 Å². The van der Waals surface area contributed by atoms with Gasteiger partial charge in [-0.3, -0.25) is 9.79 Å². The number of aliphatic hydroxyl groups is 1. The van der Waals surface area contributed by atoms with Gasteiger partial charge in [0.1, 0.15) is 5.75 Å². The molecule has 5 nitrogen and oxygen atoms in total. The number of ether oxygens (including phenoxy) is 1. The molecular formula is C13H14N2O3S. The van der Waals surface area contributed by atoms with Gasteiger partial charge >= 0.3 is 0 Å². The fraction of sp³-hybridized carbons (Fsp3) is 0.231. The van der Waals surface area contributed by atoms with Gasteiger partial charge < -0.3 is 15.2 Å². The van der Waals surface area contributed by atoms with Crippen molar-refractivity contribution in [2.24, 2.45) is 4.99 Å². The molecule has 2 rings (SSSR count). The Morgan fingerprint density at radius 3 is 3.11 bits per heavy atom. The molecule has 1 aromatic rings. The third-order valence-corrected chi connectivity index (χ3v) is 3.35. The van der Waals surface area contributed by atoms with Crippen LogP contribution in [0, 0.1) is 0 Å². The topological polar surface area (TPSA) is 70.9 Å². The number of carbonyl (C=O) groups is 1. The second-order valence-corrected chi connectivity index (χ2v) is 4.78. The Bertz CT molecular complexity index is 540. The van der Waals surface area contributed by atoms with Crippen LogP contribution in [0.15, 0.2) is 34.2 Å². The minimum absolute atomic E-state index is 0.0329. The van der Waals surface area contributed by atoms with Crippen LogP contribution >= 0.6 is 11.8 Å². The molecule has 2 N–H and O–H groups in total. The summed E-state index contributed by atoms with van der Waals surface area (Å²) in [5, 5.41) is 11.9. The Morgan fingerprint density at radius 2 is 2.37 bits per heavy atom. The van der Waals surface area contributed by atoms with E-state index >= 15 is 0 Å². The predicted octanol–water partition coefficient (Wildman–Crippen LogP) is 1.25. The van der Waals surface area contributed by atoms with Gasteiger partial charge in [-0.1, -0.05) is 12.1 Å². The molecule has 1 fully saturated rings. The molecule has 1 aliphatic heterocycles. The number of thioether (sulfide) groups is 1. The average Bonchev–Trinajstić information content (AvgIpc) is 2.77. The van der Waals surface area contributed by atoms with Gasteiger partial charge in [0.25, 0.3) is 5.91 Å². The summed E-state index contributed by atoms with van der Waals surface area (Å²) in [4.78, 5) is 16.4. The molecule has 0 spiro atoms. The first kappa shape index (κ1) is 13.6. The molecule has 6 heteroatoms. The molecule has 1 heterocycles. The van der Waals surface area contributed by atoms with E-state index in [-0.39, 0.29) is 19.1 Å². The maximum Gasteiger partial charge on any atom is 0.264 e. The molecule has 0 aliphatic carbocycles. The number of aliphatic imine (C=N–C) groups is 1. The standard InChI is InChI=1S/C13H14N2O3S/c1-18-10-4-2-3-9(7-10)8-11-12(17)15-13(19-11)14-5-6-16/h2-4,7-8,16H,5-6H2,1H3,(H,14,15,17)/b11-8-. The molecule has 1 aliphatic rings. The zero-order valence-electron chi connectivity index (χ0n) is 10.4. The average molecular weight is 278 g/mol.